The number of carbonyl (C=O) groups is 1. The van der Waals surface area contributed by atoms with Crippen LogP contribution in [0.2, 0.25) is 5.02 Å². The highest BCUT2D eigenvalue weighted by atomic mass is 35.5. The van der Waals surface area contributed by atoms with Gasteiger partial charge < -0.3 is 9.32 Å². The molecule has 0 spiro atoms. The molecule has 1 amide bonds. The van der Waals surface area contributed by atoms with Crippen molar-refractivity contribution in [2.75, 3.05) is 6.54 Å². The lowest BCUT2D eigenvalue weighted by molar-refractivity contribution is 0.0716. The number of benzene rings is 3. The van der Waals surface area contributed by atoms with Gasteiger partial charge in [-0.2, -0.15) is 0 Å². The third-order valence-corrected chi connectivity index (χ3v) is 5.78. The predicted octanol–water partition coefficient (Wildman–Crippen LogP) is 6.03. The minimum Gasteiger partial charge on any atom is -0.418 e. The van der Waals surface area contributed by atoms with Crippen molar-refractivity contribution in [1.82, 2.24) is 15.1 Å². The van der Waals surface area contributed by atoms with Crippen LogP contribution in [0.15, 0.2) is 83.3 Å². The van der Waals surface area contributed by atoms with E-state index in [1.165, 1.54) is 0 Å². The minimum absolute atomic E-state index is 0.0723. The first-order valence-corrected chi connectivity index (χ1v) is 10.6. The minimum atomic E-state index is -0.226. The number of rotatable bonds is 4. The Morgan fingerprint density at radius 3 is 2.42 bits per heavy atom. The summed E-state index contributed by atoms with van der Waals surface area (Å²) in [6.07, 6.45) is 1.68. The quantitative estimate of drug-likeness (QED) is 0.397. The van der Waals surface area contributed by atoms with E-state index in [-0.39, 0.29) is 11.9 Å². The van der Waals surface area contributed by atoms with E-state index in [9.17, 15) is 4.79 Å². The molecule has 1 fully saturated rings. The van der Waals surface area contributed by atoms with Gasteiger partial charge in [-0.1, -0.05) is 60.1 Å². The van der Waals surface area contributed by atoms with Crippen molar-refractivity contribution >= 4 is 17.5 Å². The Balaban J connectivity index is 1.37. The molecular formula is C25H20ClN3O2. The molecule has 2 heterocycles. The summed E-state index contributed by atoms with van der Waals surface area (Å²) >= 11 is 6.06. The lowest BCUT2D eigenvalue weighted by Gasteiger charge is -2.22. The third kappa shape index (κ3) is 3.97. The highest BCUT2D eigenvalue weighted by Gasteiger charge is 2.34. The SMILES string of the molecule is O=C(c1cccc(Cl)c1)N1CCCC1c1nnc(-c2ccc(-c3ccccc3)cc2)o1. The number of carbonyl (C=O) groups excluding carboxylic acids is 1. The number of hydrogen-bond donors (Lipinski definition) is 0. The first kappa shape index (κ1) is 19.5. The van der Waals surface area contributed by atoms with Gasteiger partial charge in [0.2, 0.25) is 11.8 Å². The van der Waals surface area contributed by atoms with Crippen LogP contribution in [0.5, 0.6) is 0 Å². The van der Waals surface area contributed by atoms with E-state index in [0.29, 0.717) is 28.9 Å². The van der Waals surface area contributed by atoms with Gasteiger partial charge in [0.15, 0.2) is 0 Å². The van der Waals surface area contributed by atoms with E-state index < -0.39 is 0 Å². The molecule has 31 heavy (non-hydrogen) atoms. The zero-order valence-corrected chi connectivity index (χ0v) is 17.5. The number of amides is 1. The summed E-state index contributed by atoms with van der Waals surface area (Å²) in [6, 6.07) is 25.0. The second kappa shape index (κ2) is 8.36. The first-order valence-electron chi connectivity index (χ1n) is 10.2. The molecule has 1 aliphatic heterocycles. The van der Waals surface area contributed by atoms with E-state index in [1.54, 1.807) is 29.2 Å². The van der Waals surface area contributed by atoms with Crippen LogP contribution in [-0.4, -0.2) is 27.5 Å². The molecule has 1 aliphatic rings. The highest BCUT2D eigenvalue weighted by molar-refractivity contribution is 6.30. The van der Waals surface area contributed by atoms with Crippen LogP contribution in [0, 0.1) is 0 Å². The summed E-state index contributed by atoms with van der Waals surface area (Å²) in [4.78, 5) is 14.8. The molecule has 3 aromatic carbocycles. The molecule has 0 aliphatic carbocycles. The number of hydrogen-bond acceptors (Lipinski definition) is 4. The van der Waals surface area contributed by atoms with Crippen molar-refractivity contribution in [3.8, 4) is 22.6 Å². The van der Waals surface area contributed by atoms with E-state index in [0.717, 1.165) is 29.5 Å². The Morgan fingerprint density at radius 1 is 0.903 bits per heavy atom. The van der Waals surface area contributed by atoms with Crippen LogP contribution in [0.1, 0.15) is 35.1 Å². The Hall–Kier alpha value is -3.44. The first-order chi connectivity index (χ1) is 15.2. The maximum absolute atomic E-state index is 13.0. The van der Waals surface area contributed by atoms with Crippen molar-refractivity contribution in [2.24, 2.45) is 0 Å². The fraction of sp³-hybridized carbons (Fsp3) is 0.160. The third-order valence-electron chi connectivity index (χ3n) is 5.55. The topological polar surface area (TPSA) is 59.2 Å². The van der Waals surface area contributed by atoms with Gasteiger partial charge in [-0.05, 0) is 54.3 Å². The summed E-state index contributed by atoms with van der Waals surface area (Å²) in [5, 5.41) is 9.04. The molecule has 1 atom stereocenters. The van der Waals surface area contributed by atoms with E-state index in [2.05, 4.69) is 22.3 Å². The Labute approximate surface area is 185 Å². The second-order valence-electron chi connectivity index (χ2n) is 7.56. The van der Waals surface area contributed by atoms with Crippen LogP contribution >= 0.6 is 11.6 Å². The normalized spacial score (nSPS) is 15.9. The maximum Gasteiger partial charge on any atom is 0.254 e. The van der Waals surface area contributed by atoms with E-state index >= 15 is 0 Å². The number of aromatic nitrogens is 2. The Kier molecular flexibility index (Phi) is 5.26. The van der Waals surface area contributed by atoms with Crippen molar-refractivity contribution < 1.29 is 9.21 Å². The van der Waals surface area contributed by atoms with E-state index in [4.69, 9.17) is 16.0 Å². The average Bonchev–Trinajstić information content (AvgIpc) is 3.49. The van der Waals surface area contributed by atoms with Gasteiger partial charge in [-0.3, -0.25) is 4.79 Å². The highest BCUT2D eigenvalue weighted by Crippen LogP contribution is 2.34. The van der Waals surface area contributed by atoms with Gasteiger partial charge in [-0.25, -0.2) is 0 Å². The summed E-state index contributed by atoms with van der Waals surface area (Å²) in [7, 11) is 0. The summed E-state index contributed by atoms with van der Waals surface area (Å²) < 4.78 is 6.00. The Bertz CT molecular complexity index is 1200. The molecule has 5 nitrogen and oxygen atoms in total. The summed E-state index contributed by atoms with van der Waals surface area (Å²) in [5.41, 5.74) is 3.69. The molecule has 5 rings (SSSR count). The van der Waals surface area contributed by atoms with Crippen molar-refractivity contribution in [1.29, 1.82) is 0 Å². The van der Waals surface area contributed by atoms with Crippen LogP contribution in [0.3, 0.4) is 0 Å². The van der Waals surface area contributed by atoms with Gasteiger partial charge in [-0.15, -0.1) is 10.2 Å². The molecule has 1 saturated heterocycles. The van der Waals surface area contributed by atoms with Crippen LogP contribution in [-0.2, 0) is 0 Å². The number of nitrogens with zero attached hydrogens (tertiary/aromatic N) is 3. The van der Waals surface area contributed by atoms with Crippen LogP contribution in [0.25, 0.3) is 22.6 Å². The maximum atomic E-state index is 13.0. The fourth-order valence-corrected chi connectivity index (χ4v) is 4.17. The molecular weight excluding hydrogens is 410 g/mol. The molecule has 0 bridgehead atoms. The van der Waals surface area contributed by atoms with Gasteiger partial charge in [0.05, 0.1) is 0 Å². The average molecular weight is 430 g/mol. The number of likely N-dealkylation sites (tertiary alicyclic amines) is 1. The van der Waals surface area contributed by atoms with Crippen LogP contribution < -0.4 is 0 Å². The fourth-order valence-electron chi connectivity index (χ4n) is 3.98. The number of halogens is 1. The smallest absolute Gasteiger partial charge is 0.254 e. The zero-order chi connectivity index (χ0) is 21.2. The zero-order valence-electron chi connectivity index (χ0n) is 16.7. The second-order valence-corrected chi connectivity index (χ2v) is 7.99. The molecule has 0 N–H and O–H groups in total. The van der Waals surface area contributed by atoms with Gasteiger partial charge in [0.1, 0.15) is 6.04 Å². The monoisotopic (exact) mass is 429 g/mol. The summed E-state index contributed by atoms with van der Waals surface area (Å²) in [6.45, 7) is 0.652. The van der Waals surface area contributed by atoms with Crippen LogP contribution in [0.4, 0.5) is 0 Å². The molecule has 1 aromatic heterocycles. The van der Waals surface area contributed by atoms with Crippen molar-refractivity contribution in [3.63, 3.8) is 0 Å². The standard InChI is InChI=1S/C25H20ClN3O2/c26-21-9-4-8-20(16-21)25(30)29-15-5-10-22(29)24-28-27-23(31-24)19-13-11-18(12-14-19)17-6-2-1-3-7-17/h1-4,6-9,11-14,16,22H,5,10,15H2. The molecule has 154 valence electrons. The molecule has 4 aromatic rings. The summed E-state index contributed by atoms with van der Waals surface area (Å²) in [5.74, 6) is 0.851. The van der Waals surface area contributed by atoms with Gasteiger partial charge in [0.25, 0.3) is 5.91 Å². The molecule has 0 radical (unpaired) electrons. The van der Waals surface area contributed by atoms with Crippen molar-refractivity contribution in [2.45, 2.75) is 18.9 Å². The van der Waals surface area contributed by atoms with E-state index in [1.807, 2.05) is 42.5 Å². The molecule has 0 saturated carbocycles. The van der Waals surface area contributed by atoms with Crippen molar-refractivity contribution in [3.05, 3.63) is 95.3 Å². The Morgan fingerprint density at radius 2 is 1.65 bits per heavy atom. The largest absolute Gasteiger partial charge is 0.418 e. The van der Waals surface area contributed by atoms with Gasteiger partial charge >= 0.3 is 0 Å². The predicted molar refractivity (Wildman–Crippen MR) is 120 cm³/mol. The lowest BCUT2D eigenvalue weighted by atomic mass is 10.0. The molecule has 6 heteroatoms. The van der Waals surface area contributed by atoms with Gasteiger partial charge in [0, 0.05) is 22.7 Å². The molecule has 1 unspecified atom stereocenters. The lowest BCUT2D eigenvalue weighted by Crippen LogP contribution is -2.30.